The molecule has 1 aromatic carbocycles. The number of aromatic hydroxyl groups is 1. The van der Waals surface area contributed by atoms with Gasteiger partial charge in [0.05, 0.1) is 6.61 Å². The summed E-state index contributed by atoms with van der Waals surface area (Å²) in [5.41, 5.74) is 0.956. The fourth-order valence-electron chi connectivity index (χ4n) is 1.78. The Morgan fingerprint density at radius 1 is 1.22 bits per heavy atom. The fraction of sp³-hybridized carbons (Fsp3) is 0.600. The molecule has 0 spiro atoms. The molecule has 0 amide bonds. The SMILES string of the molecule is CCCCN(C)Cc1ccc(OCCC)cc1O. The van der Waals surface area contributed by atoms with Gasteiger partial charge >= 0.3 is 0 Å². The number of rotatable bonds is 8. The third-order valence-electron chi connectivity index (χ3n) is 2.86. The molecule has 3 nitrogen and oxygen atoms in total. The van der Waals surface area contributed by atoms with E-state index in [2.05, 4.69) is 25.8 Å². The van der Waals surface area contributed by atoms with E-state index in [9.17, 15) is 5.11 Å². The Kier molecular flexibility index (Phi) is 6.58. The maximum atomic E-state index is 9.96. The van der Waals surface area contributed by atoms with Crippen LogP contribution in [0.5, 0.6) is 11.5 Å². The van der Waals surface area contributed by atoms with Gasteiger partial charge in [-0.1, -0.05) is 26.3 Å². The second-order valence-corrected chi connectivity index (χ2v) is 4.73. The Bertz CT molecular complexity index is 352. The predicted octanol–water partition coefficient (Wildman–Crippen LogP) is 3.41. The molecule has 1 rings (SSSR count). The Labute approximate surface area is 110 Å². The van der Waals surface area contributed by atoms with E-state index in [1.807, 2.05) is 12.1 Å². The van der Waals surface area contributed by atoms with Gasteiger partial charge in [-0.3, -0.25) is 0 Å². The normalized spacial score (nSPS) is 10.9. The summed E-state index contributed by atoms with van der Waals surface area (Å²) >= 11 is 0. The monoisotopic (exact) mass is 251 g/mol. The molecule has 1 aromatic rings. The van der Waals surface area contributed by atoms with Crippen LogP contribution in [0.3, 0.4) is 0 Å². The van der Waals surface area contributed by atoms with Crippen LogP contribution < -0.4 is 4.74 Å². The number of phenolic OH excluding ortho intramolecular Hbond substituents is 1. The van der Waals surface area contributed by atoms with E-state index >= 15 is 0 Å². The van der Waals surface area contributed by atoms with Gasteiger partial charge in [-0.25, -0.2) is 0 Å². The van der Waals surface area contributed by atoms with E-state index in [-0.39, 0.29) is 0 Å². The first-order chi connectivity index (χ1) is 8.67. The van der Waals surface area contributed by atoms with Gasteiger partial charge in [-0.15, -0.1) is 0 Å². The van der Waals surface area contributed by atoms with Crippen LogP contribution in [0.15, 0.2) is 18.2 Å². The van der Waals surface area contributed by atoms with Crippen molar-refractivity contribution in [2.45, 2.75) is 39.7 Å². The lowest BCUT2D eigenvalue weighted by molar-refractivity contribution is 0.307. The summed E-state index contributed by atoms with van der Waals surface area (Å²) in [6.07, 6.45) is 3.36. The van der Waals surface area contributed by atoms with Crippen molar-refractivity contribution in [2.24, 2.45) is 0 Å². The number of benzene rings is 1. The standard InChI is InChI=1S/C15H25NO2/c1-4-6-9-16(3)12-13-7-8-14(11-15(13)17)18-10-5-2/h7-8,11,17H,4-6,9-10,12H2,1-3H3. The number of unbranched alkanes of at least 4 members (excludes halogenated alkanes) is 1. The number of hydrogen-bond acceptors (Lipinski definition) is 3. The van der Waals surface area contributed by atoms with Crippen molar-refractivity contribution in [3.8, 4) is 11.5 Å². The molecule has 3 heteroatoms. The fourth-order valence-corrected chi connectivity index (χ4v) is 1.78. The van der Waals surface area contributed by atoms with Crippen LogP contribution in [0.25, 0.3) is 0 Å². The molecular formula is C15H25NO2. The van der Waals surface area contributed by atoms with Crippen LogP contribution in [0.4, 0.5) is 0 Å². The summed E-state index contributed by atoms with van der Waals surface area (Å²) in [4.78, 5) is 2.23. The van der Waals surface area contributed by atoms with Gasteiger partial charge in [0.1, 0.15) is 11.5 Å². The summed E-state index contributed by atoms with van der Waals surface area (Å²) in [6, 6.07) is 5.58. The zero-order valence-corrected chi connectivity index (χ0v) is 11.8. The molecule has 0 saturated heterocycles. The smallest absolute Gasteiger partial charge is 0.123 e. The minimum Gasteiger partial charge on any atom is -0.507 e. The lowest BCUT2D eigenvalue weighted by atomic mass is 10.1. The molecular weight excluding hydrogens is 226 g/mol. The van der Waals surface area contributed by atoms with Crippen LogP contribution in [-0.4, -0.2) is 30.2 Å². The topological polar surface area (TPSA) is 32.7 Å². The molecule has 0 aromatic heterocycles. The highest BCUT2D eigenvalue weighted by Crippen LogP contribution is 2.24. The van der Waals surface area contributed by atoms with Crippen molar-refractivity contribution in [3.63, 3.8) is 0 Å². The maximum absolute atomic E-state index is 9.96. The van der Waals surface area contributed by atoms with Crippen molar-refractivity contribution < 1.29 is 9.84 Å². The molecule has 1 N–H and O–H groups in total. The molecule has 0 aliphatic carbocycles. The van der Waals surface area contributed by atoms with Gasteiger partial charge in [0, 0.05) is 18.2 Å². The number of phenols is 1. The van der Waals surface area contributed by atoms with Crippen molar-refractivity contribution in [1.29, 1.82) is 0 Å². The van der Waals surface area contributed by atoms with Gasteiger partial charge in [0.2, 0.25) is 0 Å². The first-order valence-electron chi connectivity index (χ1n) is 6.80. The Morgan fingerprint density at radius 2 is 2.00 bits per heavy atom. The molecule has 0 aliphatic heterocycles. The predicted molar refractivity (Wildman–Crippen MR) is 75.1 cm³/mol. The zero-order chi connectivity index (χ0) is 13.4. The third kappa shape index (κ3) is 4.96. The Morgan fingerprint density at radius 3 is 2.61 bits per heavy atom. The number of ether oxygens (including phenoxy) is 1. The van der Waals surface area contributed by atoms with Crippen molar-refractivity contribution >= 4 is 0 Å². The molecule has 0 heterocycles. The van der Waals surface area contributed by atoms with Gasteiger partial charge in [-0.05, 0) is 32.5 Å². The molecule has 0 fully saturated rings. The van der Waals surface area contributed by atoms with Crippen LogP contribution in [0.1, 0.15) is 38.7 Å². The van der Waals surface area contributed by atoms with E-state index in [0.29, 0.717) is 12.4 Å². The minimum absolute atomic E-state index is 0.326. The van der Waals surface area contributed by atoms with E-state index in [0.717, 1.165) is 30.8 Å². The van der Waals surface area contributed by atoms with Crippen LogP contribution in [0, 0.1) is 0 Å². The molecule has 0 radical (unpaired) electrons. The maximum Gasteiger partial charge on any atom is 0.123 e. The van der Waals surface area contributed by atoms with Gasteiger partial charge in [-0.2, -0.15) is 0 Å². The van der Waals surface area contributed by atoms with E-state index < -0.39 is 0 Å². The second-order valence-electron chi connectivity index (χ2n) is 4.73. The number of nitrogens with zero attached hydrogens (tertiary/aromatic N) is 1. The van der Waals surface area contributed by atoms with Crippen molar-refractivity contribution in [1.82, 2.24) is 4.90 Å². The molecule has 18 heavy (non-hydrogen) atoms. The van der Waals surface area contributed by atoms with Crippen LogP contribution >= 0.6 is 0 Å². The van der Waals surface area contributed by atoms with Gasteiger partial charge in [0.25, 0.3) is 0 Å². The highest BCUT2D eigenvalue weighted by Gasteiger charge is 2.06. The summed E-state index contributed by atoms with van der Waals surface area (Å²) in [6.45, 7) is 6.78. The minimum atomic E-state index is 0.326. The first kappa shape index (κ1) is 14.8. The third-order valence-corrected chi connectivity index (χ3v) is 2.86. The van der Waals surface area contributed by atoms with Crippen LogP contribution in [-0.2, 0) is 6.54 Å². The summed E-state index contributed by atoms with van der Waals surface area (Å²) in [5, 5.41) is 9.96. The zero-order valence-electron chi connectivity index (χ0n) is 11.8. The highest BCUT2D eigenvalue weighted by molar-refractivity contribution is 5.39. The average Bonchev–Trinajstić information content (AvgIpc) is 2.36. The van der Waals surface area contributed by atoms with E-state index in [4.69, 9.17) is 4.74 Å². The molecule has 0 unspecified atom stereocenters. The second kappa shape index (κ2) is 7.98. The van der Waals surface area contributed by atoms with Gasteiger partial charge in [0.15, 0.2) is 0 Å². The highest BCUT2D eigenvalue weighted by atomic mass is 16.5. The molecule has 102 valence electrons. The summed E-state index contributed by atoms with van der Waals surface area (Å²) < 4.78 is 5.49. The average molecular weight is 251 g/mol. The van der Waals surface area contributed by atoms with E-state index in [1.54, 1.807) is 6.07 Å². The number of hydrogen-bond donors (Lipinski definition) is 1. The Balaban J connectivity index is 2.56. The lowest BCUT2D eigenvalue weighted by Gasteiger charge is -2.17. The lowest BCUT2D eigenvalue weighted by Crippen LogP contribution is -2.18. The molecule has 0 saturated carbocycles. The molecule has 0 aliphatic rings. The first-order valence-corrected chi connectivity index (χ1v) is 6.80. The molecule has 0 atom stereocenters. The Hall–Kier alpha value is -1.22. The van der Waals surface area contributed by atoms with Crippen LogP contribution in [0.2, 0.25) is 0 Å². The quantitative estimate of drug-likeness (QED) is 0.768. The van der Waals surface area contributed by atoms with Gasteiger partial charge < -0.3 is 14.7 Å². The summed E-state index contributed by atoms with van der Waals surface area (Å²) in [7, 11) is 2.08. The largest absolute Gasteiger partial charge is 0.507 e. The summed E-state index contributed by atoms with van der Waals surface area (Å²) in [5.74, 6) is 1.07. The molecule has 0 bridgehead atoms. The van der Waals surface area contributed by atoms with Crippen molar-refractivity contribution in [3.05, 3.63) is 23.8 Å². The van der Waals surface area contributed by atoms with E-state index in [1.165, 1.54) is 12.8 Å². The van der Waals surface area contributed by atoms with Crippen molar-refractivity contribution in [2.75, 3.05) is 20.2 Å².